The van der Waals surface area contributed by atoms with E-state index in [9.17, 15) is 4.79 Å². The van der Waals surface area contributed by atoms with E-state index in [1.165, 1.54) is 19.3 Å². The molecule has 3 rings (SSSR count). The Morgan fingerprint density at radius 3 is 2.60 bits per heavy atom. The molecular weight excluding hydrogens is 340 g/mol. The smallest absolute Gasteiger partial charge is 0.248 e. The van der Waals surface area contributed by atoms with Crippen LogP contribution >= 0.6 is 12.4 Å². The van der Waals surface area contributed by atoms with Gasteiger partial charge in [0.25, 0.3) is 0 Å². The van der Waals surface area contributed by atoms with Gasteiger partial charge in [0.05, 0.1) is 5.92 Å². The molecule has 7 heteroatoms. The minimum Gasteiger partial charge on any atom is -0.344 e. The van der Waals surface area contributed by atoms with Crippen LogP contribution in [0.15, 0.2) is 4.52 Å². The quantitative estimate of drug-likeness (QED) is 0.843. The fourth-order valence-electron chi connectivity index (χ4n) is 4.11. The lowest BCUT2D eigenvalue weighted by atomic mass is 9.74. The second-order valence-electron chi connectivity index (χ2n) is 7.86. The van der Waals surface area contributed by atoms with Gasteiger partial charge in [0, 0.05) is 11.5 Å². The van der Waals surface area contributed by atoms with Crippen molar-refractivity contribution in [2.75, 3.05) is 0 Å². The molecule has 2 aliphatic rings. The van der Waals surface area contributed by atoms with Crippen molar-refractivity contribution < 1.29 is 9.32 Å². The molecule has 0 aliphatic heterocycles. The average Bonchev–Trinajstić information content (AvgIpc) is 3.05. The number of amides is 1. The van der Waals surface area contributed by atoms with Crippen LogP contribution in [0.25, 0.3) is 0 Å². The normalized spacial score (nSPS) is 28.8. The second kappa shape index (κ2) is 8.49. The third-order valence-corrected chi connectivity index (χ3v) is 5.73. The van der Waals surface area contributed by atoms with Crippen LogP contribution in [0.4, 0.5) is 0 Å². The van der Waals surface area contributed by atoms with Gasteiger partial charge in [-0.15, -0.1) is 12.4 Å². The largest absolute Gasteiger partial charge is 0.344 e. The van der Waals surface area contributed by atoms with E-state index in [1.54, 1.807) is 0 Å². The summed E-state index contributed by atoms with van der Waals surface area (Å²) >= 11 is 0. The lowest BCUT2D eigenvalue weighted by Gasteiger charge is -2.37. The van der Waals surface area contributed by atoms with Crippen LogP contribution in [0, 0.1) is 5.92 Å². The molecule has 2 saturated carbocycles. The zero-order chi connectivity index (χ0) is 17.2. The highest BCUT2D eigenvalue weighted by molar-refractivity contribution is 5.85. The fourth-order valence-corrected chi connectivity index (χ4v) is 4.11. The van der Waals surface area contributed by atoms with E-state index in [0.29, 0.717) is 11.8 Å². The van der Waals surface area contributed by atoms with E-state index in [2.05, 4.69) is 15.5 Å². The van der Waals surface area contributed by atoms with Gasteiger partial charge in [-0.1, -0.05) is 37.3 Å². The fraction of sp³-hybridized carbons (Fsp3) is 0.833. The van der Waals surface area contributed by atoms with Crippen molar-refractivity contribution in [1.29, 1.82) is 0 Å². The van der Waals surface area contributed by atoms with Crippen LogP contribution in [0.2, 0.25) is 0 Å². The van der Waals surface area contributed by atoms with Crippen LogP contribution in [0.1, 0.15) is 95.3 Å². The number of carbonyl (C=O) groups excluding carboxylic acids is 1. The molecule has 3 N–H and O–H groups in total. The van der Waals surface area contributed by atoms with E-state index >= 15 is 0 Å². The molecule has 2 aliphatic carbocycles. The molecule has 1 aromatic heterocycles. The number of aromatic nitrogens is 2. The van der Waals surface area contributed by atoms with Gasteiger partial charge in [-0.05, 0) is 39.5 Å². The lowest BCUT2D eigenvalue weighted by molar-refractivity contribution is -0.129. The number of rotatable bonds is 4. The van der Waals surface area contributed by atoms with Gasteiger partial charge < -0.3 is 15.6 Å². The molecule has 1 aromatic rings. The minimum atomic E-state index is -0.426. The van der Waals surface area contributed by atoms with Crippen molar-refractivity contribution in [3.8, 4) is 0 Å². The monoisotopic (exact) mass is 370 g/mol. The van der Waals surface area contributed by atoms with E-state index in [4.69, 9.17) is 10.3 Å². The van der Waals surface area contributed by atoms with Crippen molar-refractivity contribution in [2.24, 2.45) is 11.7 Å². The van der Waals surface area contributed by atoms with Crippen molar-refractivity contribution >= 4 is 18.3 Å². The highest BCUT2D eigenvalue weighted by atomic mass is 35.5. The number of hydrogen-bond acceptors (Lipinski definition) is 5. The Morgan fingerprint density at radius 1 is 1.24 bits per heavy atom. The summed E-state index contributed by atoms with van der Waals surface area (Å²) in [6.07, 6.45) is 9.93. The van der Waals surface area contributed by atoms with E-state index in [-0.39, 0.29) is 30.3 Å². The Labute approximate surface area is 156 Å². The van der Waals surface area contributed by atoms with Gasteiger partial charge >= 0.3 is 0 Å². The maximum atomic E-state index is 12.6. The molecule has 142 valence electrons. The van der Waals surface area contributed by atoms with Crippen molar-refractivity contribution in [3.05, 3.63) is 11.7 Å². The van der Waals surface area contributed by atoms with E-state index in [0.717, 1.165) is 44.3 Å². The SMILES string of the molecule is CC(NC(=O)C1CCCCC1(C)N)c1nc(C2CCCCC2)no1.Cl. The Hall–Kier alpha value is -1.14. The number of hydrogen-bond donors (Lipinski definition) is 2. The van der Waals surface area contributed by atoms with E-state index < -0.39 is 5.54 Å². The molecule has 2 fully saturated rings. The second-order valence-corrected chi connectivity index (χ2v) is 7.86. The average molecular weight is 371 g/mol. The maximum absolute atomic E-state index is 12.6. The third-order valence-electron chi connectivity index (χ3n) is 5.73. The van der Waals surface area contributed by atoms with Crippen LogP contribution in [0.3, 0.4) is 0 Å². The molecule has 0 bridgehead atoms. The van der Waals surface area contributed by atoms with Crippen LogP contribution in [-0.2, 0) is 4.79 Å². The Balaban J connectivity index is 0.00000225. The summed E-state index contributed by atoms with van der Waals surface area (Å²) in [4.78, 5) is 17.2. The standard InChI is InChI=1S/C18H30N4O2.ClH/c1-12(20-16(23)14-10-6-7-11-18(14,2)19)17-21-15(22-24-17)13-8-4-3-5-9-13;/h12-14H,3-11,19H2,1-2H3,(H,20,23);1H. The number of nitrogens with one attached hydrogen (secondary N) is 1. The van der Waals surface area contributed by atoms with E-state index in [1.807, 2.05) is 13.8 Å². The van der Waals surface area contributed by atoms with Gasteiger partial charge in [0.1, 0.15) is 6.04 Å². The number of nitrogens with two attached hydrogens (primary N) is 1. The Kier molecular flexibility index (Phi) is 6.86. The molecule has 3 atom stereocenters. The number of carbonyl (C=O) groups is 1. The topological polar surface area (TPSA) is 94.0 Å². The predicted octanol–water partition coefficient (Wildman–Crippen LogP) is 3.62. The van der Waals surface area contributed by atoms with Gasteiger partial charge in [-0.25, -0.2) is 0 Å². The van der Waals surface area contributed by atoms with Gasteiger partial charge in [0.15, 0.2) is 5.82 Å². The Morgan fingerprint density at radius 2 is 1.92 bits per heavy atom. The summed E-state index contributed by atoms with van der Waals surface area (Å²) in [7, 11) is 0. The molecule has 6 nitrogen and oxygen atoms in total. The summed E-state index contributed by atoms with van der Waals surface area (Å²) in [5, 5.41) is 7.17. The molecule has 1 amide bonds. The molecule has 0 saturated heterocycles. The summed E-state index contributed by atoms with van der Waals surface area (Å²) in [5.74, 6) is 1.56. The number of nitrogens with zero attached hydrogens (tertiary/aromatic N) is 2. The molecule has 1 heterocycles. The summed E-state index contributed by atoms with van der Waals surface area (Å²) in [5.41, 5.74) is 5.90. The highest BCUT2D eigenvalue weighted by Crippen LogP contribution is 2.33. The molecule has 0 radical (unpaired) electrons. The lowest BCUT2D eigenvalue weighted by Crippen LogP contribution is -2.53. The number of halogens is 1. The zero-order valence-electron chi connectivity index (χ0n) is 15.3. The first-order valence-electron chi connectivity index (χ1n) is 9.40. The first-order valence-corrected chi connectivity index (χ1v) is 9.40. The predicted molar refractivity (Wildman–Crippen MR) is 98.5 cm³/mol. The summed E-state index contributed by atoms with van der Waals surface area (Å²) in [6.45, 7) is 3.88. The highest BCUT2D eigenvalue weighted by Gasteiger charge is 2.38. The maximum Gasteiger partial charge on any atom is 0.248 e. The summed E-state index contributed by atoms with van der Waals surface area (Å²) < 4.78 is 5.41. The van der Waals surface area contributed by atoms with Crippen LogP contribution < -0.4 is 11.1 Å². The molecule has 3 unspecified atom stereocenters. The first kappa shape index (κ1) is 20.2. The van der Waals surface area contributed by atoms with Gasteiger partial charge in [-0.3, -0.25) is 4.79 Å². The molecule has 0 spiro atoms. The van der Waals surface area contributed by atoms with Crippen LogP contribution in [-0.4, -0.2) is 21.6 Å². The molecule has 0 aromatic carbocycles. The van der Waals surface area contributed by atoms with Gasteiger partial charge in [-0.2, -0.15) is 4.98 Å². The minimum absolute atomic E-state index is 0. The van der Waals surface area contributed by atoms with Gasteiger partial charge in [0.2, 0.25) is 11.8 Å². The molecular formula is C18H31ClN4O2. The van der Waals surface area contributed by atoms with Crippen molar-refractivity contribution in [3.63, 3.8) is 0 Å². The van der Waals surface area contributed by atoms with Crippen molar-refractivity contribution in [1.82, 2.24) is 15.5 Å². The zero-order valence-corrected chi connectivity index (χ0v) is 16.1. The van der Waals surface area contributed by atoms with Crippen LogP contribution in [0.5, 0.6) is 0 Å². The summed E-state index contributed by atoms with van der Waals surface area (Å²) in [6, 6.07) is -0.278. The third kappa shape index (κ3) is 4.73. The van der Waals surface area contributed by atoms with Crippen molar-refractivity contribution in [2.45, 2.75) is 89.1 Å². The molecule has 25 heavy (non-hydrogen) atoms. The first-order chi connectivity index (χ1) is 11.5. The Bertz CT molecular complexity index is 569.